The Balaban J connectivity index is 1.72. The van der Waals surface area contributed by atoms with Gasteiger partial charge in [0.2, 0.25) is 5.91 Å². The minimum Gasteiger partial charge on any atom is -0.497 e. The van der Waals surface area contributed by atoms with Crippen molar-refractivity contribution in [2.24, 2.45) is 0 Å². The predicted molar refractivity (Wildman–Crippen MR) is 115 cm³/mol. The van der Waals surface area contributed by atoms with Crippen LogP contribution in [-0.4, -0.2) is 26.4 Å². The zero-order valence-electron chi connectivity index (χ0n) is 17.2. The van der Waals surface area contributed by atoms with Crippen molar-refractivity contribution >= 4 is 26.8 Å². The van der Waals surface area contributed by atoms with E-state index in [-0.39, 0.29) is 10.8 Å². The van der Waals surface area contributed by atoms with E-state index in [0.29, 0.717) is 29.5 Å². The van der Waals surface area contributed by atoms with Crippen LogP contribution in [0.15, 0.2) is 59.6 Å². The number of ether oxygens (including phenoxy) is 1. The third-order valence-electron chi connectivity index (χ3n) is 5.70. The number of rotatable bonds is 6. The van der Waals surface area contributed by atoms with Gasteiger partial charge in [0.15, 0.2) is 0 Å². The van der Waals surface area contributed by atoms with Gasteiger partial charge in [0.25, 0.3) is 10.0 Å². The van der Waals surface area contributed by atoms with Gasteiger partial charge in [0.1, 0.15) is 5.75 Å². The van der Waals surface area contributed by atoms with Gasteiger partial charge in [-0.15, -0.1) is 0 Å². The van der Waals surface area contributed by atoms with E-state index in [9.17, 15) is 13.2 Å². The van der Waals surface area contributed by atoms with Crippen LogP contribution in [0.1, 0.15) is 43.7 Å². The molecule has 6 nitrogen and oxygen atoms in total. The summed E-state index contributed by atoms with van der Waals surface area (Å²) in [6, 6.07) is 13.9. The molecule has 0 aliphatic heterocycles. The van der Waals surface area contributed by atoms with Crippen LogP contribution in [0.3, 0.4) is 0 Å². The normalized spacial score (nSPS) is 15.2. The van der Waals surface area contributed by atoms with Crippen molar-refractivity contribution in [2.45, 2.75) is 42.9 Å². The van der Waals surface area contributed by atoms with Gasteiger partial charge in [-0.3, -0.25) is 9.78 Å². The minimum atomic E-state index is -4.06. The van der Waals surface area contributed by atoms with E-state index in [1.165, 1.54) is 6.07 Å². The molecule has 1 aromatic heterocycles. The van der Waals surface area contributed by atoms with Crippen molar-refractivity contribution in [3.8, 4) is 5.75 Å². The molecule has 1 amide bonds. The maximum atomic E-state index is 13.3. The second-order valence-corrected chi connectivity index (χ2v) is 9.60. The summed E-state index contributed by atoms with van der Waals surface area (Å²) in [5.41, 5.74) is 1.56. The van der Waals surface area contributed by atoms with Crippen molar-refractivity contribution in [1.82, 2.24) is 9.71 Å². The molecule has 156 valence electrons. The van der Waals surface area contributed by atoms with E-state index in [1.54, 1.807) is 37.6 Å². The lowest BCUT2D eigenvalue weighted by molar-refractivity contribution is -0.121. The SMILES string of the molecule is COc1ccc(C(C)C)c(C2(C(=O)NS(=O)(=O)c3cccc4ncccc34)CC2)c1. The van der Waals surface area contributed by atoms with Crippen molar-refractivity contribution in [3.63, 3.8) is 0 Å². The highest BCUT2D eigenvalue weighted by molar-refractivity contribution is 7.90. The molecule has 7 heteroatoms. The molecule has 0 spiro atoms. The predicted octanol–water partition coefficient (Wildman–Crippen LogP) is 3.90. The minimum absolute atomic E-state index is 0.0481. The number of sulfonamides is 1. The summed E-state index contributed by atoms with van der Waals surface area (Å²) in [5, 5.41) is 0.481. The summed E-state index contributed by atoms with van der Waals surface area (Å²) in [7, 11) is -2.48. The summed E-state index contributed by atoms with van der Waals surface area (Å²) in [6.45, 7) is 4.11. The molecule has 0 atom stereocenters. The summed E-state index contributed by atoms with van der Waals surface area (Å²) in [5.74, 6) is 0.340. The third-order valence-corrected chi connectivity index (χ3v) is 7.09. The molecule has 1 N–H and O–H groups in total. The lowest BCUT2D eigenvalue weighted by Crippen LogP contribution is -2.39. The van der Waals surface area contributed by atoms with Gasteiger partial charge in [-0.25, -0.2) is 13.1 Å². The van der Waals surface area contributed by atoms with Crippen molar-refractivity contribution < 1.29 is 17.9 Å². The number of amides is 1. The first-order chi connectivity index (χ1) is 14.3. The molecule has 4 rings (SSSR count). The van der Waals surface area contributed by atoms with Crippen LogP contribution in [0.4, 0.5) is 0 Å². The maximum absolute atomic E-state index is 13.3. The Morgan fingerprint density at radius 1 is 1.13 bits per heavy atom. The molecule has 1 heterocycles. The van der Waals surface area contributed by atoms with Gasteiger partial charge in [-0.2, -0.15) is 0 Å². The average Bonchev–Trinajstić information content (AvgIpc) is 3.54. The Morgan fingerprint density at radius 2 is 1.90 bits per heavy atom. The van der Waals surface area contributed by atoms with Crippen LogP contribution in [0, 0.1) is 0 Å². The monoisotopic (exact) mass is 424 g/mol. The number of carbonyl (C=O) groups excluding carboxylic acids is 1. The molecular weight excluding hydrogens is 400 g/mol. The highest BCUT2D eigenvalue weighted by Crippen LogP contribution is 2.51. The van der Waals surface area contributed by atoms with Crippen LogP contribution in [0.2, 0.25) is 0 Å². The molecule has 1 aliphatic rings. The largest absolute Gasteiger partial charge is 0.497 e. The van der Waals surface area contributed by atoms with Crippen molar-refractivity contribution in [3.05, 3.63) is 65.9 Å². The number of hydrogen-bond donors (Lipinski definition) is 1. The number of nitrogens with zero attached hydrogens (tertiary/aromatic N) is 1. The van der Waals surface area contributed by atoms with Crippen LogP contribution in [-0.2, 0) is 20.2 Å². The quantitative estimate of drug-likeness (QED) is 0.649. The molecule has 30 heavy (non-hydrogen) atoms. The smallest absolute Gasteiger partial charge is 0.264 e. The van der Waals surface area contributed by atoms with Gasteiger partial charge >= 0.3 is 0 Å². The molecule has 3 aromatic rings. The zero-order valence-corrected chi connectivity index (χ0v) is 18.0. The van der Waals surface area contributed by atoms with E-state index in [4.69, 9.17) is 4.74 Å². The van der Waals surface area contributed by atoms with Crippen LogP contribution in [0.5, 0.6) is 5.75 Å². The Hall–Kier alpha value is -2.93. The fourth-order valence-corrected chi connectivity index (χ4v) is 5.18. The van der Waals surface area contributed by atoms with Crippen LogP contribution >= 0.6 is 0 Å². The first-order valence-corrected chi connectivity index (χ1v) is 11.4. The fraction of sp³-hybridized carbons (Fsp3) is 0.304. The van der Waals surface area contributed by atoms with E-state index < -0.39 is 21.3 Å². The second kappa shape index (κ2) is 7.40. The molecule has 1 fully saturated rings. The zero-order chi connectivity index (χ0) is 21.5. The maximum Gasteiger partial charge on any atom is 0.264 e. The summed E-state index contributed by atoms with van der Waals surface area (Å²) in [6.07, 6.45) is 2.80. The number of nitrogens with one attached hydrogen (secondary N) is 1. The molecule has 0 radical (unpaired) electrons. The number of pyridine rings is 1. The highest BCUT2D eigenvalue weighted by Gasteiger charge is 2.53. The standard InChI is InChI=1S/C23H24N2O4S/c1-15(2)17-10-9-16(29-3)14-19(17)23(11-12-23)22(26)25-30(27,28)21-8-4-7-20-18(21)6-5-13-24-20/h4-10,13-15H,11-12H2,1-3H3,(H,25,26). The fourth-order valence-electron chi connectivity index (χ4n) is 3.91. The van der Waals surface area contributed by atoms with E-state index >= 15 is 0 Å². The third kappa shape index (κ3) is 3.43. The Bertz CT molecular complexity index is 1230. The Labute approximate surface area is 176 Å². The first kappa shape index (κ1) is 20.3. The number of hydrogen-bond acceptors (Lipinski definition) is 5. The van der Waals surface area contributed by atoms with Gasteiger partial charge in [-0.05, 0) is 66.3 Å². The summed E-state index contributed by atoms with van der Waals surface area (Å²) < 4.78 is 33.9. The molecular formula is C23H24N2O4S. The summed E-state index contributed by atoms with van der Waals surface area (Å²) >= 11 is 0. The highest BCUT2D eigenvalue weighted by atomic mass is 32.2. The van der Waals surface area contributed by atoms with Gasteiger partial charge < -0.3 is 4.74 Å². The van der Waals surface area contributed by atoms with E-state index in [2.05, 4.69) is 23.6 Å². The Morgan fingerprint density at radius 3 is 2.57 bits per heavy atom. The lowest BCUT2D eigenvalue weighted by Gasteiger charge is -2.22. The number of carbonyl (C=O) groups is 1. The molecule has 2 aromatic carbocycles. The van der Waals surface area contributed by atoms with Gasteiger partial charge in [-0.1, -0.05) is 26.0 Å². The van der Waals surface area contributed by atoms with Crippen molar-refractivity contribution in [2.75, 3.05) is 7.11 Å². The lowest BCUT2D eigenvalue weighted by atomic mass is 9.86. The topological polar surface area (TPSA) is 85.4 Å². The Kier molecular flexibility index (Phi) is 5.02. The average molecular weight is 425 g/mol. The molecule has 0 unspecified atom stereocenters. The van der Waals surface area contributed by atoms with Crippen LogP contribution in [0.25, 0.3) is 10.9 Å². The van der Waals surface area contributed by atoms with Gasteiger partial charge in [0, 0.05) is 11.6 Å². The number of aromatic nitrogens is 1. The van der Waals surface area contributed by atoms with Crippen molar-refractivity contribution in [1.29, 1.82) is 0 Å². The number of fused-ring (bicyclic) bond motifs is 1. The van der Waals surface area contributed by atoms with E-state index in [0.717, 1.165) is 11.1 Å². The number of benzene rings is 2. The molecule has 0 saturated heterocycles. The second-order valence-electron chi connectivity index (χ2n) is 7.95. The van der Waals surface area contributed by atoms with Crippen LogP contribution < -0.4 is 9.46 Å². The molecule has 1 saturated carbocycles. The molecule has 0 bridgehead atoms. The first-order valence-electron chi connectivity index (χ1n) is 9.88. The van der Waals surface area contributed by atoms with Gasteiger partial charge in [0.05, 0.1) is 22.9 Å². The molecule has 1 aliphatic carbocycles. The summed E-state index contributed by atoms with van der Waals surface area (Å²) in [4.78, 5) is 17.5. The number of methoxy groups -OCH3 is 1. The van der Waals surface area contributed by atoms with E-state index in [1.807, 2.05) is 18.2 Å².